The Bertz CT molecular complexity index is 872. The molecule has 26 heavy (non-hydrogen) atoms. The zero-order valence-corrected chi connectivity index (χ0v) is 15.3. The van der Waals surface area contributed by atoms with Gasteiger partial charge in [-0.1, -0.05) is 76.6 Å². The lowest BCUT2D eigenvalue weighted by molar-refractivity contribution is 0.0861. The van der Waals surface area contributed by atoms with Crippen LogP contribution in [0.1, 0.15) is 20.7 Å². The van der Waals surface area contributed by atoms with E-state index in [0.29, 0.717) is 16.8 Å². The summed E-state index contributed by atoms with van der Waals surface area (Å²) in [5.41, 5.74) is 1.42. The van der Waals surface area contributed by atoms with E-state index in [2.05, 4.69) is 26.2 Å². The molecule has 0 N–H and O–H groups in total. The molecule has 0 heterocycles. The van der Waals surface area contributed by atoms with Crippen LogP contribution in [-0.4, -0.2) is 17.6 Å². The standard InChI is InChI=1S/C21H15BrN2O2/c22-17-11-13-18(14-12-17)23-24-19(20(25)15-7-3-1-4-8-15)21(26)16-9-5-2-6-10-16/h1-14,19H. The van der Waals surface area contributed by atoms with Gasteiger partial charge in [-0.3, -0.25) is 9.59 Å². The van der Waals surface area contributed by atoms with Gasteiger partial charge in [-0.15, -0.1) is 0 Å². The Morgan fingerprint density at radius 3 is 1.62 bits per heavy atom. The van der Waals surface area contributed by atoms with Gasteiger partial charge in [0.15, 0.2) is 17.6 Å². The summed E-state index contributed by atoms with van der Waals surface area (Å²) in [7, 11) is 0. The van der Waals surface area contributed by atoms with Crippen molar-refractivity contribution in [3.8, 4) is 0 Å². The average Bonchev–Trinajstić information content (AvgIpc) is 2.70. The van der Waals surface area contributed by atoms with Gasteiger partial charge in [-0.2, -0.15) is 10.2 Å². The maximum Gasteiger partial charge on any atom is 0.197 e. The van der Waals surface area contributed by atoms with Crippen molar-refractivity contribution in [3.63, 3.8) is 0 Å². The Labute approximate surface area is 159 Å². The number of ketones is 2. The van der Waals surface area contributed by atoms with E-state index in [-0.39, 0.29) is 11.6 Å². The summed E-state index contributed by atoms with van der Waals surface area (Å²) in [6, 6.07) is 23.2. The molecule has 0 saturated heterocycles. The Morgan fingerprint density at radius 1 is 0.692 bits per heavy atom. The van der Waals surface area contributed by atoms with Gasteiger partial charge >= 0.3 is 0 Å². The van der Waals surface area contributed by atoms with Gasteiger partial charge < -0.3 is 0 Å². The molecule has 0 spiro atoms. The van der Waals surface area contributed by atoms with E-state index in [0.717, 1.165) is 4.47 Å². The molecule has 0 aliphatic carbocycles. The van der Waals surface area contributed by atoms with Gasteiger partial charge in [-0.25, -0.2) is 0 Å². The monoisotopic (exact) mass is 406 g/mol. The molecule has 128 valence electrons. The zero-order chi connectivity index (χ0) is 18.4. The van der Waals surface area contributed by atoms with Gasteiger partial charge in [0, 0.05) is 15.6 Å². The highest BCUT2D eigenvalue weighted by molar-refractivity contribution is 9.10. The molecule has 0 bridgehead atoms. The molecule has 0 aliphatic rings. The molecule has 4 nitrogen and oxygen atoms in total. The minimum Gasteiger partial charge on any atom is -0.291 e. The molecule has 5 heteroatoms. The minimum atomic E-state index is -1.22. The fourth-order valence-electron chi connectivity index (χ4n) is 2.38. The second kappa shape index (κ2) is 8.45. The molecule has 3 aromatic carbocycles. The number of rotatable bonds is 6. The van der Waals surface area contributed by atoms with Gasteiger partial charge in [-0.05, 0) is 24.3 Å². The molecule has 0 atom stereocenters. The Kier molecular flexibility index (Phi) is 5.81. The second-order valence-electron chi connectivity index (χ2n) is 5.55. The van der Waals surface area contributed by atoms with Crippen molar-refractivity contribution in [1.82, 2.24) is 0 Å². The topological polar surface area (TPSA) is 58.9 Å². The van der Waals surface area contributed by atoms with Crippen LogP contribution >= 0.6 is 15.9 Å². The van der Waals surface area contributed by atoms with Gasteiger partial charge in [0.25, 0.3) is 0 Å². The molecule has 3 aromatic rings. The number of carbonyl (C=O) groups is 2. The van der Waals surface area contributed by atoms with E-state index in [1.165, 1.54) is 0 Å². The average molecular weight is 407 g/mol. The molecular formula is C21H15BrN2O2. The highest BCUT2D eigenvalue weighted by Crippen LogP contribution is 2.19. The summed E-state index contributed by atoms with van der Waals surface area (Å²) < 4.78 is 0.911. The number of azo groups is 1. The van der Waals surface area contributed by atoms with Crippen LogP contribution < -0.4 is 0 Å². The lowest BCUT2D eigenvalue weighted by atomic mass is 9.97. The molecule has 0 aliphatic heterocycles. The van der Waals surface area contributed by atoms with Gasteiger partial charge in [0.05, 0.1) is 5.69 Å². The van der Waals surface area contributed by atoms with E-state index in [1.54, 1.807) is 60.7 Å². The first-order chi connectivity index (χ1) is 12.6. The minimum absolute atomic E-state index is 0.375. The highest BCUT2D eigenvalue weighted by atomic mass is 79.9. The van der Waals surface area contributed by atoms with Crippen molar-refractivity contribution in [3.05, 3.63) is 101 Å². The largest absolute Gasteiger partial charge is 0.291 e. The predicted octanol–water partition coefficient (Wildman–Crippen LogP) is 5.67. The summed E-state index contributed by atoms with van der Waals surface area (Å²) in [4.78, 5) is 25.7. The number of carbonyl (C=O) groups excluding carboxylic acids is 2. The summed E-state index contributed by atoms with van der Waals surface area (Å²) in [6.45, 7) is 0. The fraction of sp³-hybridized carbons (Fsp3) is 0.0476. The van der Waals surface area contributed by atoms with Crippen molar-refractivity contribution < 1.29 is 9.59 Å². The molecule has 0 radical (unpaired) electrons. The first-order valence-electron chi connectivity index (χ1n) is 8.00. The molecule has 3 rings (SSSR count). The third-order valence-electron chi connectivity index (χ3n) is 3.73. The van der Waals surface area contributed by atoms with Crippen LogP contribution in [0.3, 0.4) is 0 Å². The van der Waals surface area contributed by atoms with Crippen LogP contribution in [0.4, 0.5) is 5.69 Å². The van der Waals surface area contributed by atoms with E-state index in [4.69, 9.17) is 0 Å². The van der Waals surface area contributed by atoms with Crippen molar-refractivity contribution in [2.45, 2.75) is 6.04 Å². The molecule has 0 unspecified atom stereocenters. The third kappa shape index (κ3) is 4.37. The maximum atomic E-state index is 12.9. The molecule has 0 saturated carbocycles. The van der Waals surface area contributed by atoms with Crippen molar-refractivity contribution in [2.24, 2.45) is 10.2 Å². The van der Waals surface area contributed by atoms with Crippen molar-refractivity contribution in [1.29, 1.82) is 0 Å². The SMILES string of the molecule is O=C(c1ccccc1)C(N=Nc1ccc(Br)cc1)C(=O)c1ccccc1. The number of Topliss-reactive ketones (excluding diaryl/α,β-unsaturated/α-hetero) is 2. The summed E-state index contributed by atoms with van der Waals surface area (Å²) in [5.74, 6) is -0.749. The van der Waals surface area contributed by atoms with E-state index >= 15 is 0 Å². The van der Waals surface area contributed by atoms with E-state index in [1.807, 2.05) is 24.3 Å². The molecule has 0 fully saturated rings. The van der Waals surface area contributed by atoms with Crippen LogP contribution in [0, 0.1) is 0 Å². The Balaban J connectivity index is 1.94. The Morgan fingerprint density at radius 2 is 1.15 bits per heavy atom. The van der Waals surface area contributed by atoms with Gasteiger partial charge in [0.2, 0.25) is 0 Å². The quantitative estimate of drug-likeness (QED) is 0.300. The zero-order valence-electron chi connectivity index (χ0n) is 13.7. The molecule has 0 aromatic heterocycles. The number of hydrogen-bond donors (Lipinski definition) is 0. The number of nitrogens with zero attached hydrogens (tertiary/aromatic N) is 2. The highest BCUT2D eigenvalue weighted by Gasteiger charge is 2.28. The third-order valence-corrected chi connectivity index (χ3v) is 4.26. The van der Waals surface area contributed by atoms with Crippen LogP contribution in [0.2, 0.25) is 0 Å². The van der Waals surface area contributed by atoms with Crippen molar-refractivity contribution in [2.75, 3.05) is 0 Å². The second-order valence-corrected chi connectivity index (χ2v) is 6.47. The lowest BCUT2D eigenvalue weighted by Gasteiger charge is -2.10. The Hall–Kier alpha value is -2.92. The first kappa shape index (κ1) is 17.9. The smallest absolute Gasteiger partial charge is 0.197 e. The normalized spacial score (nSPS) is 11.0. The number of benzene rings is 3. The molecule has 0 amide bonds. The number of halogens is 1. The van der Waals surface area contributed by atoms with Crippen molar-refractivity contribution >= 4 is 33.2 Å². The van der Waals surface area contributed by atoms with Crippen LogP contribution in [0.25, 0.3) is 0 Å². The van der Waals surface area contributed by atoms with Gasteiger partial charge in [0.1, 0.15) is 0 Å². The van der Waals surface area contributed by atoms with E-state index in [9.17, 15) is 9.59 Å². The van der Waals surface area contributed by atoms with Crippen LogP contribution in [-0.2, 0) is 0 Å². The summed E-state index contributed by atoms with van der Waals surface area (Å²) in [6.07, 6.45) is 0. The summed E-state index contributed by atoms with van der Waals surface area (Å²) in [5, 5.41) is 8.19. The van der Waals surface area contributed by atoms with Crippen LogP contribution in [0.15, 0.2) is 99.6 Å². The lowest BCUT2D eigenvalue weighted by Crippen LogP contribution is -2.28. The van der Waals surface area contributed by atoms with E-state index < -0.39 is 6.04 Å². The fourth-order valence-corrected chi connectivity index (χ4v) is 2.64. The maximum absolute atomic E-state index is 12.9. The molecular weight excluding hydrogens is 392 g/mol. The summed E-state index contributed by atoms with van der Waals surface area (Å²) >= 11 is 3.35. The number of hydrogen-bond acceptors (Lipinski definition) is 4. The van der Waals surface area contributed by atoms with Crippen LogP contribution in [0.5, 0.6) is 0 Å². The predicted molar refractivity (Wildman–Crippen MR) is 104 cm³/mol. The first-order valence-corrected chi connectivity index (χ1v) is 8.79.